The molecule has 0 aliphatic rings. The first-order chi connectivity index (χ1) is 8.65. The van der Waals surface area contributed by atoms with Gasteiger partial charge in [0, 0.05) is 23.1 Å². The van der Waals surface area contributed by atoms with Gasteiger partial charge in [0.05, 0.1) is 20.6 Å². The van der Waals surface area contributed by atoms with E-state index in [0.29, 0.717) is 13.0 Å². The third kappa shape index (κ3) is 2.32. The molecule has 2 aromatic rings. The van der Waals surface area contributed by atoms with Gasteiger partial charge in [-0.2, -0.15) is 0 Å². The van der Waals surface area contributed by atoms with Crippen molar-refractivity contribution in [3.05, 3.63) is 30.0 Å². The highest BCUT2D eigenvalue weighted by molar-refractivity contribution is 5.83. The molecule has 0 spiro atoms. The topological polar surface area (TPSA) is 40.5 Å². The molecule has 0 saturated heterocycles. The quantitative estimate of drug-likeness (QED) is 0.779. The van der Waals surface area contributed by atoms with Gasteiger partial charge < -0.3 is 14.0 Å². The monoisotopic (exact) mass is 247 g/mol. The van der Waals surface area contributed by atoms with E-state index in [9.17, 15) is 4.79 Å². The van der Waals surface area contributed by atoms with Crippen LogP contribution in [0.1, 0.15) is 12.1 Å². The fraction of sp³-hybridized carbons (Fsp3) is 0.357. The molecule has 1 heterocycles. The number of rotatable bonds is 4. The van der Waals surface area contributed by atoms with E-state index in [0.717, 1.165) is 22.3 Å². The van der Waals surface area contributed by atoms with Gasteiger partial charge in [0.25, 0.3) is 0 Å². The van der Waals surface area contributed by atoms with E-state index >= 15 is 0 Å². The van der Waals surface area contributed by atoms with Gasteiger partial charge in [-0.3, -0.25) is 4.79 Å². The predicted molar refractivity (Wildman–Crippen MR) is 69.9 cm³/mol. The van der Waals surface area contributed by atoms with Crippen LogP contribution in [0, 0.1) is 6.92 Å². The maximum absolute atomic E-state index is 11.2. The number of fused-ring (bicyclic) bond motifs is 1. The van der Waals surface area contributed by atoms with Gasteiger partial charge in [-0.15, -0.1) is 0 Å². The minimum Gasteiger partial charge on any atom is -0.497 e. The summed E-state index contributed by atoms with van der Waals surface area (Å²) in [6.45, 7) is 2.66. The third-order valence-corrected chi connectivity index (χ3v) is 3.08. The Bertz CT molecular complexity index is 572. The molecular formula is C14H17NO3. The normalized spacial score (nSPS) is 10.6. The zero-order chi connectivity index (χ0) is 13.1. The largest absolute Gasteiger partial charge is 0.497 e. The fourth-order valence-corrected chi connectivity index (χ4v) is 2.12. The van der Waals surface area contributed by atoms with Crippen molar-refractivity contribution in [2.45, 2.75) is 19.9 Å². The van der Waals surface area contributed by atoms with Crippen LogP contribution in [0.3, 0.4) is 0 Å². The lowest BCUT2D eigenvalue weighted by molar-refractivity contribution is -0.140. The predicted octanol–water partition coefficient (Wildman–Crippen LogP) is 2.52. The van der Waals surface area contributed by atoms with Crippen LogP contribution in [0.25, 0.3) is 10.9 Å². The van der Waals surface area contributed by atoms with E-state index in [1.54, 1.807) is 7.11 Å². The molecule has 0 radical (unpaired) electrons. The molecule has 0 amide bonds. The summed E-state index contributed by atoms with van der Waals surface area (Å²) >= 11 is 0. The summed E-state index contributed by atoms with van der Waals surface area (Å²) in [5.41, 5.74) is 2.24. The molecule has 2 rings (SSSR count). The molecule has 4 heteroatoms. The first kappa shape index (κ1) is 12.5. The van der Waals surface area contributed by atoms with Crippen molar-refractivity contribution in [1.29, 1.82) is 0 Å². The number of hydrogen-bond acceptors (Lipinski definition) is 3. The molecule has 0 N–H and O–H groups in total. The van der Waals surface area contributed by atoms with E-state index in [2.05, 4.69) is 15.4 Å². The zero-order valence-corrected chi connectivity index (χ0v) is 10.9. The van der Waals surface area contributed by atoms with Crippen molar-refractivity contribution in [2.24, 2.45) is 0 Å². The molecular weight excluding hydrogens is 230 g/mol. The van der Waals surface area contributed by atoms with Crippen LogP contribution < -0.4 is 4.74 Å². The lowest BCUT2D eigenvalue weighted by Gasteiger charge is -2.07. The highest BCUT2D eigenvalue weighted by atomic mass is 16.5. The number of ether oxygens (including phenoxy) is 2. The number of carbonyl (C=O) groups excluding carboxylic acids is 1. The Morgan fingerprint density at radius 1 is 1.28 bits per heavy atom. The highest BCUT2D eigenvalue weighted by Gasteiger charge is 2.08. The average Bonchev–Trinajstić information content (AvgIpc) is 2.70. The SMILES string of the molecule is COC(=O)CCn1c(C)cc2cc(OC)ccc21. The van der Waals surface area contributed by atoms with Crippen molar-refractivity contribution < 1.29 is 14.3 Å². The first-order valence-electron chi connectivity index (χ1n) is 5.86. The van der Waals surface area contributed by atoms with Gasteiger partial charge >= 0.3 is 5.97 Å². The van der Waals surface area contributed by atoms with Crippen molar-refractivity contribution in [3.8, 4) is 5.75 Å². The Morgan fingerprint density at radius 2 is 2.06 bits per heavy atom. The second-order valence-corrected chi connectivity index (χ2v) is 4.19. The number of methoxy groups -OCH3 is 2. The van der Waals surface area contributed by atoms with E-state index in [1.807, 2.05) is 25.1 Å². The molecule has 18 heavy (non-hydrogen) atoms. The number of esters is 1. The minimum atomic E-state index is -0.190. The Balaban J connectivity index is 2.32. The second-order valence-electron chi connectivity index (χ2n) is 4.19. The molecule has 1 aromatic heterocycles. The van der Waals surface area contributed by atoms with Crippen LogP contribution in [-0.2, 0) is 16.1 Å². The third-order valence-electron chi connectivity index (χ3n) is 3.08. The summed E-state index contributed by atoms with van der Waals surface area (Å²) in [7, 11) is 3.07. The molecule has 0 unspecified atom stereocenters. The van der Waals surface area contributed by atoms with E-state index in [1.165, 1.54) is 7.11 Å². The first-order valence-corrected chi connectivity index (χ1v) is 5.86. The Hall–Kier alpha value is -1.97. The summed E-state index contributed by atoms with van der Waals surface area (Å²) in [5, 5.41) is 1.12. The van der Waals surface area contributed by atoms with Crippen LogP contribution in [0.15, 0.2) is 24.3 Å². The number of aryl methyl sites for hydroxylation is 2. The number of carbonyl (C=O) groups is 1. The van der Waals surface area contributed by atoms with Gasteiger partial charge in [-0.1, -0.05) is 0 Å². The van der Waals surface area contributed by atoms with Gasteiger partial charge in [0.15, 0.2) is 0 Å². The van der Waals surface area contributed by atoms with E-state index < -0.39 is 0 Å². The van der Waals surface area contributed by atoms with E-state index in [4.69, 9.17) is 4.74 Å². The summed E-state index contributed by atoms with van der Waals surface area (Å²) in [6.07, 6.45) is 0.382. The maximum Gasteiger partial charge on any atom is 0.307 e. The van der Waals surface area contributed by atoms with Crippen LogP contribution in [0.2, 0.25) is 0 Å². The Labute approximate surface area is 106 Å². The van der Waals surface area contributed by atoms with Gasteiger partial charge in [-0.05, 0) is 31.2 Å². The second kappa shape index (κ2) is 5.12. The maximum atomic E-state index is 11.2. The molecule has 0 bridgehead atoms. The number of benzene rings is 1. The smallest absolute Gasteiger partial charge is 0.307 e. The lowest BCUT2D eigenvalue weighted by atomic mass is 10.2. The molecule has 0 fully saturated rings. The summed E-state index contributed by atoms with van der Waals surface area (Å²) in [6, 6.07) is 8.03. The van der Waals surface area contributed by atoms with Gasteiger partial charge in [-0.25, -0.2) is 0 Å². The van der Waals surface area contributed by atoms with Crippen LogP contribution in [0.5, 0.6) is 5.75 Å². The molecule has 0 aliphatic heterocycles. The highest BCUT2D eigenvalue weighted by Crippen LogP contribution is 2.24. The van der Waals surface area contributed by atoms with Crippen molar-refractivity contribution >= 4 is 16.9 Å². The molecule has 0 saturated carbocycles. The lowest BCUT2D eigenvalue weighted by Crippen LogP contribution is -2.07. The fourth-order valence-electron chi connectivity index (χ4n) is 2.12. The summed E-state index contributed by atoms with van der Waals surface area (Å²) in [4.78, 5) is 11.2. The molecule has 96 valence electrons. The van der Waals surface area contributed by atoms with Crippen molar-refractivity contribution in [2.75, 3.05) is 14.2 Å². The zero-order valence-electron chi connectivity index (χ0n) is 10.9. The number of nitrogens with zero attached hydrogens (tertiary/aromatic N) is 1. The van der Waals surface area contributed by atoms with Crippen molar-refractivity contribution in [1.82, 2.24) is 4.57 Å². The summed E-state index contributed by atoms with van der Waals surface area (Å²) in [5.74, 6) is 0.650. The standard InChI is InChI=1S/C14H17NO3/c1-10-8-11-9-12(17-2)4-5-13(11)15(10)7-6-14(16)18-3/h4-5,8-9H,6-7H2,1-3H3. The van der Waals surface area contributed by atoms with Crippen LogP contribution in [0.4, 0.5) is 0 Å². The van der Waals surface area contributed by atoms with Crippen molar-refractivity contribution in [3.63, 3.8) is 0 Å². The molecule has 4 nitrogen and oxygen atoms in total. The molecule has 1 aromatic carbocycles. The number of aromatic nitrogens is 1. The average molecular weight is 247 g/mol. The Kier molecular flexibility index (Phi) is 3.55. The Morgan fingerprint density at radius 3 is 2.72 bits per heavy atom. The molecule has 0 aliphatic carbocycles. The summed E-state index contributed by atoms with van der Waals surface area (Å²) < 4.78 is 12.0. The van der Waals surface area contributed by atoms with E-state index in [-0.39, 0.29) is 5.97 Å². The van der Waals surface area contributed by atoms with Gasteiger partial charge in [0.1, 0.15) is 5.75 Å². The number of hydrogen-bond donors (Lipinski definition) is 0. The van der Waals surface area contributed by atoms with Crippen LogP contribution >= 0.6 is 0 Å². The van der Waals surface area contributed by atoms with Crippen LogP contribution in [-0.4, -0.2) is 24.8 Å². The minimum absolute atomic E-state index is 0.190. The molecule has 0 atom stereocenters. The van der Waals surface area contributed by atoms with Gasteiger partial charge in [0.2, 0.25) is 0 Å².